The van der Waals surface area contributed by atoms with Gasteiger partial charge in [0.2, 0.25) is 0 Å². The average Bonchev–Trinajstić information content (AvgIpc) is 3.63. The molecule has 0 amide bonds. The zero-order valence-corrected chi connectivity index (χ0v) is 31.7. The fourth-order valence-corrected chi connectivity index (χ4v) is 7.77. The summed E-state index contributed by atoms with van der Waals surface area (Å²) in [6, 6.07) is 50.6. The van der Waals surface area contributed by atoms with Gasteiger partial charge in [0.1, 0.15) is 6.04 Å². The lowest BCUT2D eigenvalue weighted by atomic mass is 10.0. The second-order valence-electron chi connectivity index (χ2n) is 13.4. The first-order valence-corrected chi connectivity index (χ1v) is 19.7. The van der Waals surface area contributed by atoms with Crippen LogP contribution in [0.15, 0.2) is 223 Å². The summed E-state index contributed by atoms with van der Waals surface area (Å²) in [6.07, 6.45) is 25.9. The van der Waals surface area contributed by atoms with Crippen LogP contribution >= 0.6 is 11.3 Å². The number of anilines is 2. The molecule has 1 atom stereocenters. The van der Waals surface area contributed by atoms with Gasteiger partial charge in [0, 0.05) is 43.1 Å². The Bertz CT molecular complexity index is 2740. The second-order valence-corrected chi connectivity index (χ2v) is 14.4. The lowest BCUT2D eigenvalue weighted by molar-refractivity contribution is 1.07. The van der Waals surface area contributed by atoms with E-state index in [4.69, 9.17) is 4.99 Å². The maximum atomic E-state index is 4.77. The topological polar surface area (TPSA) is 24.4 Å². The van der Waals surface area contributed by atoms with Crippen LogP contribution in [0.5, 0.6) is 0 Å². The molecule has 2 bridgehead atoms. The summed E-state index contributed by atoms with van der Waals surface area (Å²) >= 11 is 1.86. The van der Waals surface area contributed by atoms with Crippen molar-refractivity contribution in [3.63, 3.8) is 0 Å². The number of allylic oxidation sites excluding steroid dienone is 13. The molecular weight excluding hydrogens is 697 g/mol. The van der Waals surface area contributed by atoms with Crippen LogP contribution in [0.3, 0.4) is 0 Å². The van der Waals surface area contributed by atoms with Crippen molar-refractivity contribution in [2.45, 2.75) is 12.5 Å². The molecule has 0 spiro atoms. The molecule has 1 N–H and O–H groups in total. The molecule has 3 aliphatic rings. The number of nitrogens with one attached hydrogen (secondary N) is 1. The Morgan fingerprint density at radius 3 is 2.04 bits per heavy atom. The molecular formula is C53H40N2S. The van der Waals surface area contributed by atoms with Gasteiger partial charge in [0.15, 0.2) is 0 Å². The van der Waals surface area contributed by atoms with Gasteiger partial charge in [-0.05, 0) is 88.2 Å². The van der Waals surface area contributed by atoms with Crippen LogP contribution in [-0.4, -0.2) is 12.3 Å². The van der Waals surface area contributed by atoms with E-state index in [9.17, 15) is 0 Å². The van der Waals surface area contributed by atoms with E-state index in [2.05, 4.69) is 205 Å². The number of fused-ring (bicyclic) bond motifs is 11. The van der Waals surface area contributed by atoms with Gasteiger partial charge in [0.05, 0.1) is 0 Å². The van der Waals surface area contributed by atoms with Crippen LogP contribution < -0.4 is 5.32 Å². The molecule has 3 heteroatoms. The van der Waals surface area contributed by atoms with Crippen LogP contribution in [0, 0.1) is 11.8 Å². The highest BCUT2D eigenvalue weighted by atomic mass is 32.1. The van der Waals surface area contributed by atoms with Gasteiger partial charge in [-0.25, -0.2) is 0 Å². The van der Waals surface area contributed by atoms with E-state index < -0.39 is 0 Å². The molecule has 10 rings (SSSR count). The molecule has 2 aliphatic heterocycles. The number of nitrogens with zero attached hydrogens (tertiary/aromatic N) is 1. The van der Waals surface area contributed by atoms with Crippen molar-refractivity contribution >= 4 is 71.0 Å². The maximum absolute atomic E-state index is 4.77. The third-order valence-corrected chi connectivity index (χ3v) is 10.7. The first-order chi connectivity index (χ1) is 27.8. The van der Waals surface area contributed by atoms with Crippen LogP contribution in [0.4, 0.5) is 11.4 Å². The molecule has 3 heterocycles. The van der Waals surface area contributed by atoms with E-state index >= 15 is 0 Å². The summed E-state index contributed by atoms with van der Waals surface area (Å²) in [4.78, 5) is 4.77. The van der Waals surface area contributed by atoms with Crippen molar-refractivity contribution in [3.8, 4) is 11.8 Å². The molecule has 0 fully saturated rings. The molecule has 6 aromatic carbocycles. The average molecular weight is 737 g/mol. The number of hydrogen-bond donors (Lipinski definition) is 1. The van der Waals surface area contributed by atoms with Gasteiger partial charge in [-0.2, -0.15) is 0 Å². The Hall–Kier alpha value is -6.99. The molecule has 1 aliphatic carbocycles. The first kappa shape index (κ1) is 36.0. The van der Waals surface area contributed by atoms with Crippen molar-refractivity contribution in [3.05, 3.63) is 229 Å². The summed E-state index contributed by atoms with van der Waals surface area (Å²) in [6.45, 7) is 0. The van der Waals surface area contributed by atoms with Crippen LogP contribution in [0.2, 0.25) is 0 Å². The SMILES string of the molecule is C1#CC2/C=C\C=C/C/C=C(\C=C/C(c3ccccc3)=C\C=N2)/C=C\C(c2ccc(Nc3cccc4ccccc34)cc2)=C/1.c1ccc2c(c1)sc1ccccc12. The van der Waals surface area contributed by atoms with Crippen molar-refractivity contribution in [1.82, 2.24) is 0 Å². The van der Waals surface area contributed by atoms with E-state index in [1.165, 1.54) is 30.9 Å². The van der Waals surface area contributed by atoms with Crippen molar-refractivity contribution < 1.29 is 0 Å². The van der Waals surface area contributed by atoms with E-state index in [-0.39, 0.29) is 6.04 Å². The highest BCUT2D eigenvalue weighted by molar-refractivity contribution is 7.25. The molecule has 0 saturated carbocycles. The predicted octanol–water partition coefficient (Wildman–Crippen LogP) is 14.1. The monoisotopic (exact) mass is 736 g/mol. The number of aliphatic imine (C=N–C) groups is 1. The van der Waals surface area contributed by atoms with Gasteiger partial charge < -0.3 is 5.32 Å². The van der Waals surface area contributed by atoms with E-state index in [0.717, 1.165) is 45.6 Å². The van der Waals surface area contributed by atoms with E-state index in [1.807, 2.05) is 41.8 Å². The van der Waals surface area contributed by atoms with E-state index in [0.29, 0.717) is 0 Å². The Labute approximate surface area is 333 Å². The van der Waals surface area contributed by atoms with Crippen LogP contribution in [0.1, 0.15) is 17.5 Å². The van der Waals surface area contributed by atoms with Crippen molar-refractivity contribution in [2.75, 3.05) is 5.32 Å². The van der Waals surface area contributed by atoms with Crippen LogP contribution in [0.25, 0.3) is 42.1 Å². The number of rotatable bonds is 4. The van der Waals surface area contributed by atoms with Crippen molar-refractivity contribution in [1.29, 1.82) is 0 Å². The Morgan fingerprint density at radius 2 is 1.25 bits per heavy atom. The standard InChI is InChI=1S/C41H32N2.C12H8S/c1-2-7-18-38-19-10-16-34(24-22-32(12-4-1)23-25-36(30-31-42-38)33-13-5-3-6-14-33)35-26-28-39(29-27-35)43-41-21-11-17-37-15-8-9-20-40(37)41;1-3-7-11-9(5-1)10-6-2-4-8-12(10)13-11/h1-3,5-9,11-18,20-31,38,43H,4H2;1-8H/b2-1-,18-7-,24-22-,25-23-,32-12-,34-16+,36-30+,42-31?;. The maximum Gasteiger partial charge on any atom is 0.129 e. The Morgan fingerprint density at radius 1 is 0.589 bits per heavy atom. The van der Waals surface area contributed by atoms with Gasteiger partial charge in [-0.1, -0.05) is 176 Å². The smallest absolute Gasteiger partial charge is 0.129 e. The predicted molar refractivity (Wildman–Crippen MR) is 245 cm³/mol. The minimum absolute atomic E-state index is 0.257. The highest BCUT2D eigenvalue weighted by Gasteiger charge is 2.05. The lowest BCUT2D eigenvalue weighted by Crippen LogP contribution is -1.96. The molecule has 0 radical (unpaired) electrons. The molecule has 1 unspecified atom stereocenters. The van der Waals surface area contributed by atoms with Gasteiger partial charge in [-0.15, -0.1) is 11.3 Å². The molecule has 2 nitrogen and oxygen atoms in total. The Balaban J connectivity index is 0.000000283. The van der Waals surface area contributed by atoms with E-state index in [1.54, 1.807) is 0 Å². The summed E-state index contributed by atoms with van der Waals surface area (Å²) in [7, 11) is 0. The number of hydrogen-bond acceptors (Lipinski definition) is 3. The Kier molecular flexibility index (Phi) is 11.5. The third-order valence-electron chi connectivity index (χ3n) is 9.58. The summed E-state index contributed by atoms with van der Waals surface area (Å²) in [5.74, 6) is 6.61. The second kappa shape index (κ2) is 17.9. The number of benzene rings is 6. The number of thiophene rings is 1. The fraction of sp³-hybridized carbons (Fsp3) is 0.0377. The van der Waals surface area contributed by atoms with Gasteiger partial charge in [0.25, 0.3) is 0 Å². The first-order valence-electron chi connectivity index (χ1n) is 18.9. The molecule has 268 valence electrons. The summed E-state index contributed by atoms with van der Waals surface area (Å²) in [5, 5.41) is 8.77. The minimum atomic E-state index is -0.257. The van der Waals surface area contributed by atoms with Crippen molar-refractivity contribution in [2.24, 2.45) is 4.99 Å². The molecule has 0 saturated heterocycles. The molecule has 56 heavy (non-hydrogen) atoms. The molecule has 7 aromatic rings. The quantitative estimate of drug-likeness (QED) is 0.179. The zero-order chi connectivity index (χ0) is 37.8. The fourth-order valence-electron chi connectivity index (χ4n) is 6.67. The van der Waals surface area contributed by atoms with Crippen LogP contribution in [-0.2, 0) is 0 Å². The normalized spacial score (nSPS) is 20.3. The molecule has 1 aromatic heterocycles. The summed E-state index contributed by atoms with van der Waals surface area (Å²) < 4.78 is 2.76. The lowest BCUT2D eigenvalue weighted by Gasteiger charge is -2.11. The zero-order valence-electron chi connectivity index (χ0n) is 30.9. The van der Waals surface area contributed by atoms with Gasteiger partial charge >= 0.3 is 0 Å². The van der Waals surface area contributed by atoms with Gasteiger partial charge in [-0.3, -0.25) is 4.99 Å². The summed E-state index contributed by atoms with van der Waals surface area (Å²) in [5.41, 5.74) is 7.61. The third kappa shape index (κ3) is 9.02. The minimum Gasteiger partial charge on any atom is -0.355 e. The highest BCUT2D eigenvalue weighted by Crippen LogP contribution is 2.33. The largest absolute Gasteiger partial charge is 0.355 e.